The number of aliphatic imine (C=N–C) groups is 1. The van der Waals surface area contributed by atoms with Crippen LogP contribution in [0.15, 0.2) is 47.5 Å². The van der Waals surface area contributed by atoms with Crippen LogP contribution in [0.4, 0.5) is 0 Å². The molecule has 0 radical (unpaired) electrons. The minimum absolute atomic E-state index is 0. The van der Waals surface area contributed by atoms with Crippen LogP contribution in [0.1, 0.15) is 27.2 Å². The molecule has 0 aliphatic heterocycles. The van der Waals surface area contributed by atoms with Crippen molar-refractivity contribution in [2.45, 2.75) is 32.7 Å². The maximum Gasteiger partial charge on any atom is 0.239 e. The predicted molar refractivity (Wildman–Crippen MR) is 127 cm³/mol. The van der Waals surface area contributed by atoms with E-state index < -0.39 is 0 Å². The SMILES string of the molecule is CN=C(NCCCOc1ccc2ccccc2c1)NCC(=O)NC(C)(C)C.I. The van der Waals surface area contributed by atoms with Crippen molar-refractivity contribution in [2.24, 2.45) is 4.99 Å². The Hall–Kier alpha value is -2.03. The first kappa shape index (κ1) is 24.0. The third-order valence-electron chi connectivity index (χ3n) is 3.76. The number of fused-ring (bicyclic) bond motifs is 1. The first-order valence-electron chi connectivity index (χ1n) is 9.24. The first-order valence-corrected chi connectivity index (χ1v) is 9.24. The van der Waals surface area contributed by atoms with E-state index in [4.69, 9.17) is 4.74 Å². The number of carbonyl (C=O) groups is 1. The highest BCUT2D eigenvalue weighted by atomic mass is 127. The van der Waals surface area contributed by atoms with Gasteiger partial charge in [-0.3, -0.25) is 9.79 Å². The Bertz CT molecular complexity index is 787. The molecule has 0 aromatic heterocycles. The van der Waals surface area contributed by atoms with E-state index in [1.807, 2.05) is 39.0 Å². The van der Waals surface area contributed by atoms with Crippen LogP contribution < -0.4 is 20.7 Å². The zero-order chi connectivity index (χ0) is 19.7. The second kappa shape index (κ2) is 11.7. The molecule has 0 bridgehead atoms. The largest absolute Gasteiger partial charge is 0.494 e. The molecule has 3 N–H and O–H groups in total. The summed E-state index contributed by atoms with van der Waals surface area (Å²) in [5.41, 5.74) is -0.240. The fourth-order valence-electron chi connectivity index (χ4n) is 2.57. The van der Waals surface area contributed by atoms with E-state index in [-0.39, 0.29) is 42.0 Å². The lowest BCUT2D eigenvalue weighted by atomic mass is 10.1. The molecule has 0 unspecified atom stereocenters. The summed E-state index contributed by atoms with van der Waals surface area (Å²) in [4.78, 5) is 15.9. The van der Waals surface area contributed by atoms with Crippen LogP contribution in [0.25, 0.3) is 10.8 Å². The van der Waals surface area contributed by atoms with E-state index in [1.165, 1.54) is 10.8 Å². The number of amides is 1. The van der Waals surface area contributed by atoms with Gasteiger partial charge in [0, 0.05) is 19.1 Å². The Balaban J connectivity index is 0.00000392. The van der Waals surface area contributed by atoms with Crippen molar-refractivity contribution < 1.29 is 9.53 Å². The number of nitrogens with one attached hydrogen (secondary N) is 3. The van der Waals surface area contributed by atoms with Crippen molar-refractivity contribution in [1.29, 1.82) is 0 Å². The van der Waals surface area contributed by atoms with Crippen molar-refractivity contribution in [3.05, 3.63) is 42.5 Å². The van der Waals surface area contributed by atoms with Gasteiger partial charge in [0.25, 0.3) is 0 Å². The molecule has 154 valence electrons. The molecule has 6 nitrogen and oxygen atoms in total. The van der Waals surface area contributed by atoms with Crippen molar-refractivity contribution in [3.63, 3.8) is 0 Å². The topological polar surface area (TPSA) is 74.8 Å². The van der Waals surface area contributed by atoms with Gasteiger partial charge >= 0.3 is 0 Å². The molecule has 0 fully saturated rings. The summed E-state index contributed by atoms with van der Waals surface area (Å²) in [6.07, 6.45) is 0.821. The average Bonchev–Trinajstić information content (AvgIpc) is 2.62. The van der Waals surface area contributed by atoms with E-state index in [2.05, 4.69) is 45.2 Å². The third-order valence-corrected chi connectivity index (χ3v) is 3.76. The summed E-state index contributed by atoms with van der Waals surface area (Å²) in [5.74, 6) is 1.41. The minimum Gasteiger partial charge on any atom is -0.494 e. The maximum atomic E-state index is 11.8. The summed E-state index contributed by atoms with van der Waals surface area (Å²) in [6.45, 7) is 7.35. The monoisotopic (exact) mass is 498 g/mol. The number of rotatable bonds is 7. The second-order valence-corrected chi connectivity index (χ2v) is 7.36. The standard InChI is InChI=1S/C21H30N4O2.HI/c1-21(2,3)25-19(26)15-24-20(22-4)23-12-7-13-27-18-11-10-16-8-5-6-9-17(16)14-18;/h5-6,8-11,14H,7,12-13,15H2,1-4H3,(H,25,26)(H2,22,23,24);1H. The predicted octanol–water partition coefficient (Wildman–Crippen LogP) is 3.31. The number of guanidine groups is 1. The number of carbonyl (C=O) groups excluding carboxylic acids is 1. The van der Waals surface area contributed by atoms with E-state index in [9.17, 15) is 4.79 Å². The number of hydrogen-bond donors (Lipinski definition) is 3. The van der Waals surface area contributed by atoms with Crippen LogP contribution in [0, 0.1) is 0 Å². The Labute approximate surface area is 184 Å². The zero-order valence-corrected chi connectivity index (χ0v) is 19.4. The molecule has 2 aromatic carbocycles. The number of nitrogens with zero attached hydrogens (tertiary/aromatic N) is 1. The van der Waals surface area contributed by atoms with E-state index in [0.29, 0.717) is 19.1 Å². The molecule has 0 atom stereocenters. The molecule has 0 aliphatic rings. The molecule has 0 heterocycles. The summed E-state index contributed by atoms with van der Waals surface area (Å²) >= 11 is 0. The summed E-state index contributed by atoms with van der Waals surface area (Å²) < 4.78 is 5.82. The highest BCUT2D eigenvalue weighted by Crippen LogP contribution is 2.20. The van der Waals surface area contributed by atoms with Gasteiger partial charge in [0.1, 0.15) is 5.75 Å². The lowest BCUT2D eigenvalue weighted by Crippen LogP contribution is -2.48. The van der Waals surface area contributed by atoms with Gasteiger partial charge in [-0.2, -0.15) is 0 Å². The molecule has 2 aromatic rings. The van der Waals surface area contributed by atoms with Gasteiger partial charge in [0.2, 0.25) is 5.91 Å². The Kier molecular flexibility index (Phi) is 10.1. The third kappa shape index (κ3) is 8.77. The van der Waals surface area contributed by atoms with Crippen molar-refractivity contribution >= 4 is 46.6 Å². The quantitative estimate of drug-likeness (QED) is 0.237. The maximum absolute atomic E-state index is 11.8. The lowest BCUT2D eigenvalue weighted by molar-refractivity contribution is -0.121. The fraction of sp³-hybridized carbons (Fsp3) is 0.429. The first-order chi connectivity index (χ1) is 12.9. The molecule has 0 saturated heterocycles. The minimum atomic E-state index is -0.240. The molecule has 1 amide bonds. The van der Waals surface area contributed by atoms with Crippen LogP contribution in [-0.2, 0) is 4.79 Å². The molecule has 28 heavy (non-hydrogen) atoms. The van der Waals surface area contributed by atoms with Crippen LogP contribution >= 0.6 is 24.0 Å². The van der Waals surface area contributed by atoms with Gasteiger partial charge in [-0.05, 0) is 50.1 Å². The van der Waals surface area contributed by atoms with E-state index in [1.54, 1.807) is 7.05 Å². The highest BCUT2D eigenvalue weighted by Gasteiger charge is 2.13. The Morgan fingerprint density at radius 1 is 1.07 bits per heavy atom. The summed E-state index contributed by atoms with van der Waals surface area (Å²) in [7, 11) is 1.68. The van der Waals surface area contributed by atoms with E-state index in [0.717, 1.165) is 12.2 Å². The number of hydrogen-bond acceptors (Lipinski definition) is 3. The summed E-state index contributed by atoms with van der Waals surface area (Å²) in [6, 6.07) is 14.3. The highest BCUT2D eigenvalue weighted by molar-refractivity contribution is 14.0. The van der Waals surface area contributed by atoms with Gasteiger partial charge in [0.05, 0.1) is 13.2 Å². The van der Waals surface area contributed by atoms with Crippen LogP contribution in [0.2, 0.25) is 0 Å². The number of ether oxygens (including phenoxy) is 1. The van der Waals surface area contributed by atoms with Gasteiger partial charge < -0.3 is 20.7 Å². The number of benzene rings is 2. The number of halogens is 1. The molecule has 7 heteroatoms. The molecular weight excluding hydrogens is 467 g/mol. The lowest BCUT2D eigenvalue weighted by Gasteiger charge is -2.21. The van der Waals surface area contributed by atoms with Gasteiger partial charge in [-0.1, -0.05) is 30.3 Å². The average molecular weight is 498 g/mol. The molecule has 0 saturated carbocycles. The van der Waals surface area contributed by atoms with Crippen molar-refractivity contribution in [3.8, 4) is 5.75 Å². The Morgan fingerprint density at radius 2 is 1.79 bits per heavy atom. The van der Waals surface area contributed by atoms with Crippen LogP contribution in [0.3, 0.4) is 0 Å². The van der Waals surface area contributed by atoms with Gasteiger partial charge in [0.15, 0.2) is 5.96 Å². The Morgan fingerprint density at radius 3 is 2.46 bits per heavy atom. The smallest absolute Gasteiger partial charge is 0.239 e. The van der Waals surface area contributed by atoms with E-state index >= 15 is 0 Å². The van der Waals surface area contributed by atoms with Crippen LogP contribution in [-0.4, -0.2) is 44.1 Å². The molecule has 0 spiro atoms. The second-order valence-electron chi connectivity index (χ2n) is 7.36. The molecule has 2 rings (SSSR count). The summed E-state index contributed by atoms with van der Waals surface area (Å²) in [5, 5.41) is 11.5. The fourth-order valence-corrected chi connectivity index (χ4v) is 2.57. The van der Waals surface area contributed by atoms with Gasteiger partial charge in [-0.15, -0.1) is 24.0 Å². The van der Waals surface area contributed by atoms with Crippen molar-refractivity contribution in [2.75, 3.05) is 26.7 Å². The molecule has 0 aliphatic carbocycles. The zero-order valence-electron chi connectivity index (χ0n) is 17.0. The van der Waals surface area contributed by atoms with Gasteiger partial charge in [-0.25, -0.2) is 0 Å². The van der Waals surface area contributed by atoms with Crippen molar-refractivity contribution in [1.82, 2.24) is 16.0 Å². The molecular formula is C21H31IN4O2. The van der Waals surface area contributed by atoms with Crippen LogP contribution in [0.5, 0.6) is 5.75 Å². The normalized spacial score (nSPS) is 11.5.